The molecular weight excluding hydrogens is 248 g/mol. The molecule has 0 amide bonds. The van der Waals surface area contributed by atoms with E-state index in [1.165, 1.54) is 10.9 Å². The van der Waals surface area contributed by atoms with E-state index in [0.29, 0.717) is 5.92 Å². The van der Waals surface area contributed by atoms with Crippen molar-refractivity contribution in [3.8, 4) is 0 Å². The number of para-hydroxylation sites is 1. The lowest BCUT2D eigenvalue weighted by atomic mass is 10.2. The lowest BCUT2D eigenvalue weighted by Crippen LogP contribution is -2.07. The molecule has 0 bridgehead atoms. The summed E-state index contributed by atoms with van der Waals surface area (Å²) < 4.78 is 4.26. The molecule has 2 aromatic heterocycles. The number of benzene rings is 1. The Bertz CT molecular complexity index is 721. The normalized spacial score (nSPS) is 11.6. The van der Waals surface area contributed by atoms with Crippen molar-refractivity contribution in [3.63, 3.8) is 0 Å². The van der Waals surface area contributed by atoms with Crippen LogP contribution < -0.4 is 0 Å². The van der Waals surface area contributed by atoms with Crippen molar-refractivity contribution in [1.82, 2.24) is 19.3 Å². The highest BCUT2D eigenvalue weighted by molar-refractivity contribution is 5.81. The van der Waals surface area contributed by atoms with Gasteiger partial charge in [-0.25, -0.2) is 4.98 Å². The van der Waals surface area contributed by atoms with Crippen LogP contribution in [-0.2, 0) is 13.1 Å². The smallest absolute Gasteiger partial charge is 0.111 e. The highest BCUT2D eigenvalue weighted by Gasteiger charge is 2.12. The summed E-state index contributed by atoms with van der Waals surface area (Å²) in [5.41, 5.74) is 2.32. The van der Waals surface area contributed by atoms with Crippen LogP contribution in [0.15, 0.2) is 36.7 Å². The summed E-state index contributed by atoms with van der Waals surface area (Å²) in [7, 11) is 0. The number of hydrogen-bond acceptors (Lipinski definition) is 2. The van der Waals surface area contributed by atoms with Gasteiger partial charge < -0.3 is 4.57 Å². The summed E-state index contributed by atoms with van der Waals surface area (Å²) in [6.07, 6.45) is 3.91. The molecule has 0 N–H and O–H groups in total. The lowest BCUT2D eigenvalue weighted by Gasteiger charge is -2.08. The molecule has 104 valence electrons. The van der Waals surface area contributed by atoms with Crippen molar-refractivity contribution >= 4 is 10.9 Å². The molecule has 0 aliphatic carbocycles. The quantitative estimate of drug-likeness (QED) is 0.726. The van der Waals surface area contributed by atoms with Crippen LogP contribution >= 0.6 is 0 Å². The second kappa shape index (κ2) is 5.12. The average Bonchev–Trinajstić information content (AvgIpc) is 3.04. The van der Waals surface area contributed by atoms with Crippen LogP contribution in [0.3, 0.4) is 0 Å². The van der Waals surface area contributed by atoms with Crippen molar-refractivity contribution < 1.29 is 0 Å². The molecule has 0 saturated heterocycles. The first-order valence-electron chi connectivity index (χ1n) is 7.16. The minimum atomic E-state index is 0.421. The van der Waals surface area contributed by atoms with Crippen molar-refractivity contribution in [2.75, 3.05) is 0 Å². The molecule has 0 aliphatic rings. The first-order valence-corrected chi connectivity index (χ1v) is 7.16. The summed E-state index contributed by atoms with van der Waals surface area (Å²) in [4.78, 5) is 4.45. The largest absolute Gasteiger partial charge is 0.329 e. The highest BCUT2D eigenvalue weighted by Crippen LogP contribution is 2.21. The van der Waals surface area contributed by atoms with Crippen LogP contribution in [0.5, 0.6) is 0 Å². The van der Waals surface area contributed by atoms with E-state index < -0.39 is 0 Å². The molecule has 0 fully saturated rings. The molecule has 3 rings (SSSR count). The molecule has 20 heavy (non-hydrogen) atoms. The standard InChI is InChI=1S/C16H20N4/c1-4-20-15-8-6-5-7-13(15)14(18-20)11-19-10-9-17-16(19)12(2)3/h5-10,12H,4,11H2,1-3H3. The number of imidazole rings is 1. The van der Waals surface area contributed by atoms with Crippen molar-refractivity contribution in [3.05, 3.63) is 48.2 Å². The van der Waals surface area contributed by atoms with Crippen LogP contribution in [0.25, 0.3) is 10.9 Å². The number of nitrogens with zero attached hydrogens (tertiary/aromatic N) is 4. The Balaban J connectivity index is 2.05. The van der Waals surface area contributed by atoms with E-state index >= 15 is 0 Å². The van der Waals surface area contributed by atoms with Gasteiger partial charge in [-0.15, -0.1) is 0 Å². The van der Waals surface area contributed by atoms with E-state index in [9.17, 15) is 0 Å². The predicted octanol–water partition coefficient (Wildman–Crippen LogP) is 3.42. The molecule has 0 aliphatic heterocycles. The SMILES string of the molecule is CCn1nc(Cn2ccnc2C(C)C)c2ccccc21. The zero-order valence-electron chi connectivity index (χ0n) is 12.2. The van der Waals surface area contributed by atoms with Gasteiger partial charge in [0.25, 0.3) is 0 Å². The van der Waals surface area contributed by atoms with Gasteiger partial charge in [-0.1, -0.05) is 32.0 Å². The maximum absolute atomic E-state index is 4.75. The van der Waals surface area contributed by atoms with E-state index in [1.54, 1.807) is 0 Å². The van der Waals surface area contributed by atoms with Crippen molar-refractivity contribution in [2.45, 2.75) is 39.8 Å². The molecule has 0 radical (unpaired) electrons. The van der Waals surface area contributed by atoms with Crippen LogP contribution in [0.2, 0.25) is 0 Å². The van der Waals surface area contributed by atoms with Gasteiger partial charge in [0, 0.05) is 30.2 Å². The van der Waals surface area contributed by atoms with E-state index in [1.807, 2.05) is 12.4 Å². The Kier molecular flexibility index (Phi) is 3.30. The monoisotopic (exact) mass is 268 g/mol. The fourth-order valence-corrected chi connectivity index (χ4v) is 2.67. The van der Waals surface area contributed by atoms with Crippen LogP contribution in [-0.4, -0.2) is 19.3 Å². The summed E-state index contributed by atoms with van der Waals surface area (Å²) in [5.74, 6) is 1.53. The Morgan fingerprint density at radius 1 is 1.20 bits per heavy atom. The van der Waals surface area contributed by atoms with Gasteiger partial charge in [-0.2, -0.15) is 5.10 Å². The summed E-state index contributed by atoms with van der Waals surface area (Å²) in [6.45, 7) is 8.13. The minimum absolute atomic E-state index is 0.421. The van der Waals surface area contributed by atoms with E-state index in [4.69, 9.17) is 5.10 Å². The average molecular weight is 268 g/mol. The molecule has 3 aromatic rings. The van der Waals surface area contributed by atoms with Gasteiger partial charge in [0.1, 0.15) is 5.82 Å². The molecule has 1 aromatic carbocycles. The molecule has 2 heterocycles. The van der Waals surface area contributed by atoms with Gasteiger partial charge in [-0.05, 0) is 13.0 Å². The number of rotatable bonds is 4. The first-order chi connectivity index (χ1) is 9.70. The van der Waals surface area contributed by atoms with Gasteiger partial charge in [0.15, 0.2) is 0 Å². The number of aryl methyl sites for hydroxylation is 1. The maximum atomic E-state index is 4.75. The molecule has 0 unspecified atom stereocenters. The van der Waals surface area contributed by atoms with Gasteiger partial charge in [0.05, 0.1) is 17.8 Å². The minimum Gasteiger partial charge on any atom is -0.329 e. The molecule has 0 atom stereocenters. The highest BCUT2D eigenvalue weighted by atomic mass is 15.3. The van der Waals surface area contributed by atoms with Crippen molar-refractivity contribution in [1.29, 1.82) is 0 Å². The molecule has 0 spiro atoms. The van der Waals surface area contributed by atoms with Crippen LogP contribution in [0, 0.1) is 0 Å². The fraction of sp³-hybridized carbons (Fsp3) is 0.375. The zero-order chi connectivity index (χ0) is 14.1. The van der Waals surface area contributed by atoms with Crippen LogP contribution in [0.1, 0.15) is 38.2 Å². The van der Waals surface area contributed by atoms with E-state index in [2.05, 4.69) is 59.3 Å². The number of aromatic nitrogens is 4. The zero-order valence-corrected chi connectivity index (χ0v) is 12.2. The molecule has 4 heteroatoms. The second-order valence-corrected chi connectivity index (χ2v) is 5.35. The Morgan fingerprint density at radius 3 is 2.75 bits per heavy atom. The molecule has 4 nitrogen and oxygen atoms in total. The Morgan fingerprint density at radius 2 is 2.00 bits per heavy atom. The summed E-state index contributed by atoms with van der Waals surface area (Å²) >= 11 is 0. The number of fused-ring (bicyclic) bond motifs is 1. The predicted molar refractivity (Wildman–Crippen MR) is 80.8 cm³/mol. The number of hydrogen-bond donors (Lipinski definition) is 0. The topological polar surface area (TPSA) is 35.6 Å². The Labute approximate surface area is 119 Å². The third-order valence-electron chi connectivity index (χ3n) is 3.62. The van der Waals surface area contributed by atoms with Crippen LogP contribution in [0.4, 0.5) is 0 Å². The third kappa shape index (κ3) is 2.11. The van der Waals surface area contributed by atoms with E-state index in [0.717, 1.165) is 24.6 Å². The van der Waals surface area contributed by atoms with Gasteiger partial charge >= 0.3 is 0 Å². The first kappa shape index (κ1) is 12.9. The summed E-state index contributed by atoms with van der Waals surface area (Å²) in [6, 6.07) is 8.42. The maximum Gasteiger partial charge on any atom is 0.111 e. The third-order valence-corrected chi connectivity index (χ3v) is 3.62. The van der Waals surface area contributed by atoms with Gasteiger partial charge in [0.2, 0.25) is 0 Å². The Hall–Kier alpha value is -2.10. The van der Waals surface area contributed by atoms with E-state index in [-0.39, 0.29) is 0 Å². The lowest BCUT2D eigenvalue weighted by molar-refractivity contribution is 0.628. The molecular formula is C16H20N4. The summed E-state index contributed by atoms with van der Waals surface area (Å²) in [5, 5.41) is 5.99. The van der Waals surface area contributed by atoms with Crippen molar-refractivity contribution in [2.24, 2.45) is 0 Å². The molecule has 0 saturated carbocycles. The fourth-order valence-electron chi connectivity index (χ4n) is 2.67. The van der Waals surface area contributed by atoms with Gasteiger partial charge in [-0.3, -0.25) is 4.68 Å². The second-order valence-electron chi connectivity index (χ2n) is 5.35.